The summed E-state index contributed by atoms with van der Waals surface area (Å²) < 4.78 is 34.4. The number of aromatic nitrogens is 2. The van der Waals surface area contributed by atoms with E-state index in [1.54, 1.807) is 0 Å². The van der Waals surface area contributed by atoms with Gasteiger partial charge in [-0.2, -0.15) is 0 Å². The summed E-state index contributed by atoms with van der Waals surface area (Å²) >= 11 is 6.43. The van der Waals surface area contributed by atoms with E-state index in [0.29, 0.717) is 35.6 Å². The summed E-state index contributed by atoms with van der Waals surface area (Å²) in [5.41, 5.74) is 2.87. The fraction of sp³-hybridized carbons (Fsp3) is 0.394. The van der Waals surface area contributed by atoms with Crippen molar-refractivity contribution in [3.8, 4) is 17.0 Å². The number of piperazine rings is 1. The van der Waals surface area contributed by atoms with E-state index in [1.807, 2.05) is 48.5 Å². The van der Waals surface area contributed by atoms with Gasteiger partial charge < -0.3 is 34.4 Å². The quantitative estimate of drug-likeness (QED) is 0.0612. The summed E-state index contributed by atoms with van der Waals surface area (Å²) in [6, 6.07) is 14.9. The van der Waals surface area contributed by atoms with Crippen molar-refractivity contribution in [1.82, 2.24) is 19.8 Å². The number of halogens is 1. The molecule has 1 aliphatic heterocycles. The van der Waals surface area contributed by atoms with E-state index in [4.69, 9.17) is 21.1 Å². The van der Waals surface area contributed by atoms with Crippen molar-refractivity contribution >= 4 is 50.0 Å². The summed E-state index contributed by atoms with van der Waals surface area (Å²) in [4.78, 5) is 65.5. The fourth-order valence-electron chi connectivity index (χ4n) is 5.30. The average molecular weight is 750 g/mol. The van der Waals surface area contributed by atoms with Crippen LogP contribution in [0, 0.1) is 0 Å². The van der Waals surface area contributed by atoms with Gasteiger partial charge in [-0.05, 0) is 36.3 Å². The van der Waals surface area contributed by atoms with E-state index in [2.05, 4.69) is 31.7 Å². The molecule has 4 N–H and O–H groups in total. The van der Waals surface area contributed by atoms with E-state index in [9.17, 15) is 33.4 Å². The zero-order valence-corrected chi connectivity index (χ0v) is 30.2. The SMILES string of the molecule is C=CC(=O)Cc1cccc(-c2nc(Nc3cccc(OCCCN4CCN(CCOC(=O)CC(P(C)(=O)O)P(=O)(O)O)CC4)c3)ncc2Cl)c1. The first-order valence-corrected chi connectivity index (χ1v) is 20.2. The Bertz CT molecular complexity index is 1720. The molecule has 2 heterocycles. The van der Waals surface area contributed by atoms with Gasteiger partial charge in [0.2, 0.25) is 13.3 Å². The molecule has 17 heteroatoms. The van der Waals surface area contributed by atoms with E-state index in [0.717, 1.165) is 62.6 Å². The molecule has 1 saturated heterocycles. The predicted molar refractivity (Wildman–Crippen MR) is 191 cm³/mol. The minimum Gasteiger partial charge on any atom is -0.493 e. The van der Waals surface area contributed by atoms with Gasteiger partial charge in [0.1, 0.15) is 17.8 Å². The third-order valence-corrected chi connectivity index (χ3v) is 12.7. The highest BCUT2D eigenvalue weighted by Crippen LogP contribution is 2.61. The molecule has 2 unspecified atom stereocenters. The molecule has 4 rings (SSSR count). The Morgan fingerprint density at radius 3 is 2.42 bits per heavy atom. The number of nitrogens with zero attached hydrogens (tertiary/aromatic N) is 4. The third-order valence-electron chi connectivity index (χ3n) is 7.95. The minimum absolute atomic E-state index is 0.0205. The van der Waals surface area contributed by atoms with Gasteiger partial charge >= 0.3 is 13.6 Å². The topological polar surface area (TPSA) is 192 Å². The van der Waals surface area contributed by atoms with E-state index >= 15 is 0 Å². The van der Waals surface area contributed by atoms with Crippen LogP contribution in [-0.4, -0.2) is 111 Å². The fourth-order valence-corrected chi connectivity index (χ4v) is 8.61. The van der Waals surface area contributed by atoms with Gasteiger partial charge in [-0.3, -0.25) is 23.6 Å². The second kappa shape index (κ2) is 18.2. The zero-order valence-electron chi connectivity index (χ0n) is 27.7. The van der Waals surface area contributed by atoms with Gasteiger partial charge in [0.25, 0.3) is 0 Å². The minimum atomic E-state index is -4.94. The lowest BCUT2D eigenvalue weighted by atomic mass is 10.0. The molecular weight excluding hydrogens is 708 g/mol. The molecule has 0 spiro atoms. The third kappa shape index (κ3) is 12.4. The van der Waals surface area contributed by atoms with Crippen LogP contribution in [0.15, 0.2) is 67.4 Å². The van der Waals surface area contributed by atoms with Crippen LogP contribution in [0.25, 0.3) is 11.3 Å². The monoisotopic (exact) mass is 749 g/mol. The average Bonchev–Trinajstić information content (AvgIpc) is 3.06. The number of rotatable bonds is 18. The van der Waals surface area contributed by atoms with Gasteiger partial charge in [0, 0.05) is 69.7 Å². The summed E-state index contributed by atoms with van der Waals surface area (Å²) in [5.74, 6) is 0.0541. The number of esters is 1. The summed E-state index contributed by atoms with van der Waals surface area (Å²) in [7, 11) is -9.12. The lowest BCUT2D eigenvalue weighted by Crippen LogP contribution is -2.47. The molecule has 0 radical (unpaired) electrons. The molecule has 1 fully saturated rings. The number of carbonyl (C=O) groups excluding carboxylic acids is 2. The molecule has 2 atom stereocenters. The maximum Gasteiger partial charge on any atom is 0.338 e. The first-order chi connectivity index (χ1) is 23.7. The molecular formula is C33H42ClN5O9P2. The van der Waals surface area contributed by atoms with Crippen LogP contribution in [0.2, 0.25) is 5.02 Å². The van der Waals surface area contributed by atoms with Crippen LogP contribution in [-0.2, 0) is 29.9 Å². The van der Waals surface area contributed by atoms with Crippen LogP contribution in [0.3, 0.4) is 0 Å². The molecule has 0 aliphatic carbocycles. The second-order valence-electron chi connectivity index (χ2n) is 11.9. The lowest BCUT2D eigenvalue weighted by Gasteiger charge is -2.34. The Hall–Kier alpha value is -3.45. The van der Waals surface area contributed by atoms with Crippen molar-refractivity contribution in [3.05, 3.63) is 78.0 Å². The largest absolute Gasteiger partial charge is 0.493 e. The highest BCUT2D eigenvalue weighted by molar-refractivity contribution is 7.73. The summed E-state index contributed by atoms with van der Waals surface area (Å²) in [6.45, 7) is 9.32. The van der Waals surface area contributed by atoms with Crippen LogP contribution in [0.4, 0.5) is 11.6 Å². The standard InChI is InChI=1S/C33H42ClN5O9P2/c1-3-27(40)20-24-7-4-8-25(19-24)32-29(34)23-35-33(37-32)36-26-9-5-10-28(21-26)47-17-6-11-38-12-14-39(15-13-38)16-18-48-30(41)22-31(49(2,42)43)50(44,45)46/h3-5,7-10,19,21,23,31H,1,6,11-18,20,22H2,2H3,(H,42,43)(H,35,36,37)(H2,44,45,46). The van der Waals surface area contributed by atoms with Crippen LogP contribution >= 0.6 is 26.6 Å². The van der Waals surface area contributed by atoms with Crippen molar-refractivity contribution in [2.45, 2.75) is 24.7 Å². The number of ether oxygens (including phenoxy) is 2. The normalized spacial score (nSPS) is 15.9. The molecule has 0 saturated carbocycles. The Kier molecular flexibility index (Phi) is 14.3. The van der Waals surface area contributed by atoms with Crippen molar-refractivity contribution < 1.29 is 42.9 Å². The smallest absolute Gasteiger partial charge is 0.338 e. The maximum atomic E-state index is 12.0. The summed E-state index contributed by atoms with van der Waals surface area (Å²) in [6.07, 6.45) is 3.06. The zero-order chi connectivity index (χ0) is 36.3. The number of carbonyl (C=O) groups is 2. The molecule has 0 bridgehead atoms. The highest BCUT2D eigenvalue weighted by Gasteiger charge is 2.42. The van der Waals surface area contributed by atoms with E-state index in [-0.39, 0.29) is 18.8 Å². The number of hydrogen-bond donors (Lipinski definition) is 4. The number of hydrogen-bond acceptors (Lipinski definition) is 11. The Balaban J connectivity index is 1.17. The van der Waals surface area contributed by atoms with Crippen molar-refractivity contribution in [2.24, 2.45) is 0 Å². The molecule has 50 heavy (non-hydrogen) atoms. The van der Waals surface area contributed by atoms with Gasteiger partial charge in [-0.25, -0.2) is 9.97 Å². The van der Waals surface area contributed by atoms with E-state index in [1.165, 1.54) is 12.3 Å². The Morgan fingerprint density at radius 2 is 1.74 bits per heavy atom. The number of nitrogens with one attached hydrogen (secondary N) is 1. The van der Waals surface area contributed by atoms with Crippen molar-refractivity contribution in [3.63, 3.8) is 0 Å². The maximum absolute atomic E-state index is 12.0. The van der Waals surface area contributed by atoms with Gasteiger partial charge in [-0.1, -0.05) is 42.4 Å². The number of ketones is 1. The van der Waals surface area contributed by atoms with Crippen LogP contribution in [0.1, 0.15) is 18.4 Å². The number of benzene rings is 2. The molecule has 0 amide bonds. The van der Waals surface area contributed by atoms with Crippen LogP contribution < -0.4 is 10.1 Å². The predicted octanol–water partition coefficient (Wildman–Crippen LogP) is 4.56. The Morgan fingerprint density at radius 1 is 1.04 bits per heavy atom. The highest BCUT2D eigenvalue weighted by atomic mass is 35.5. The molecule has 14 nitrogen and oxygen atoms in total. The van der Waals surface area contributed by atoms with Crippen LogP contribution in [0.5, 0.6) is 5.75 Å². The molecule has 2 aromatic carbocycles. The molecule has 1 aromatic heterocycles. The van der Waals surface area contributed by atoms with Gasteiger partial charge in [-0.15, -0.1) is 0 Å². The number of anilines is 2. The molecule has 270 valence electrons. The van der Waals surface area contributed by atoms with Gasteiger partial charge in [0.15, 0.2) is 5.78 Å². The van der Waals surface area contributed by atoms with E-state index < -0.39 is 32.8 Å². The Labute approximate surface area is 296 Å². The molecule has 1 aliphatic rings. The number of allylic oxidation sites excluding steroid dienone is 1. The first-order valence-electron chi connectivity index (χ1n) is 15.9. The molecule has 3 aromatic rings. The van der Waals surface area contributed by atoms with Crippen molar-refractivity contribution in [2.75, 3.05) is 64.5 Å². The van der Waals surface area contributed by atoms with Crippen molar-refractivity contribution in [1.29, 1.82) is 0 Å². The van der Waals surface area contributed by atoms with Gasteiger partial charge in [0.05, 0.1) is 29.9 Å². The second-order valence-corrected chi connectivity index (χ2v) is 17.0. The lowest BCUT2D eigenvalue weighted by molar-refractivity contribution is -0.144. The first kappa shape index (κ1) is 39.3. The summed E-state index contributed by atoms with van der Waals surface area (Å²) in [5, 5.41) is 1.62.